The van der Waals surface area contributed by atoms with Gasteiger partial charge in [0.1, 0.15) is 11.9 Å². The van der Waals surface area contributed by atoms with Gasteiger partial charge in [0.15, 0.2) is 0 Å². The van der Waals surface area contributed by atoms with Crippen LogP contribution in [0.1, 0.15) is 29.7 Å². The first kappa shape index (κ1) is 17.5. The van der Waals surface area contributed by atoms with Crippen LogP contribution in [0.3, 0.4) is 0 Å². The zero-order chi connectivity index (χ0) is 17.8. The Labute approximate surface area is 149 Å². The molecule has 2 aromatic carbocycles. The Morgan fingerprint density at radius 1 is 1.16 bits per heavy atom. The number of methoxy groups -OCH3 is 1. The van der Waals surface area contributed by atoms with E-state index in [2.05, 4.69) is 31.2 Å². The second-order valence-corrected chi connectivity index (χ2v) is 6.65. The SMILES string of the molecule is COc1ccc(CC(=O)N2CC(c3ccc(C)cc3)OCC2C)cc1. The van der Waals surface area contributed by atoms with E-state index in [1.54, 1.807) is 7.11 Å². The van der Waals surface area contributed by atoms with Crippen molar-refractivity contribution in [3.05, 3.63) is 65.2 Å². The highest BCUT2D eigenvalue weighted by molar-refractivity contribution is 5.79. The van der Waals surface area contributed by atoms with E-state index in [1.807, 2.05) is 36.1 Å². The van der Waals surface area contributed by atoms with Gasteiger partial charge in [0.25, 0.3) is 0 Å². The molecule has 3 rings (SSSR count). The standard InChI is InChI=1S/C21H25NO3/c1-15-4-8-18(9-5-15)20-13-22(16(2)14-25-20)21(23)12-17-6-10-19(24-3)11-7-17/h4-11,16,20H,12-14H2,1-3H3. The van der Waals surface area contributed by atoms with Gasteiger partial charge in [-0.2, -0.15) is 0 Å². The van der Waals surface area contributed by atoms with Gasteiger partial charge < -0.3 is 14.4 Å². The molecular weight excluding hydrogens is 314 g/mol. The van der Waals surface area contributed by atoms with Crippen LogP contribution in [0.2, 0.25) is 0 Å². The maximum absolute atomic E-state index is 12.8. The van der Waals surface area contributed by atoms with Crippen molar-refractivity contribution in [2.24, 2.45) is 0 Å². The fraction of sp³-hybridized carbons (Fsp3) is 0.381. The highest BCUT2D eigenvalue weighted by Gasteiger charge is 2.30. The summed E-state index contributed by atoms with van der Waals surface area (Å²) in [5.74, 6) is 0.938. The number of aryl methyl sites for hydroxylation is 1. The zero-order valence-corrected chi connectivity index (χ0v) is 15.1. The number of carbonyl (C=O) groups excluding carboxylic acids is 1. The molecule has 1 saturated heterocycles. The average molecular weight is 339 g/mol. The van der Waals surface area contributed by atoms with Gasteiger partial charge in [0.2, 0.25) is 5.91 Å². The van der Waals surface area contributed by atoms with Crippen molar-refractivity contribution >= 4 is 5.91 Å². The van der Waals surface area contributed by atoms with Crippen LogP contribution in [0, 0.1) is 6.92 Å². The Kier molecular flexibility index (Phi) is 5.39. The third kappa shape index (κ3) is 4.20. The Balaban J connectivity index is 1.68. The second-order valence-electron chi connectivity index (χ2n) is 6.65. The molecule has 2 unspecified atom stereocenters. The fourth-order valence-electron chi connectivity index (χ4n) is 3.11. The molecule has 2 atom stereocenters. The van der Waals surface area contributed by atoms with Crippen LogP contribution >= 0.6 is 0 Å². The number of rotatable bonds is 4. The van der Waals surface area contributed by atoms with Crippen molar-refractivity contribution in [3.63, 3.8) is 0 Å². The lowest BCUT2D eigenvalue weighted by atomic mass is 10.0. The van der Waals surface area contributed by atoms with E-state index < -0.39 is 0 Å². The maximum Gasteiger partial charge on any atom is 0.227 e. The van der Waals surface area contributed by atoms with Crippen LogP contribution in [0.15, 0.2) is 48.5 Å². The summed E-state index contributed by atoms with van der Waals surface area (Å²) in [5, 5.41) is 0. The lowest BCUT2D eigenvalue weighted by Gasteiger charge is -2.38. The molecule has 0 spiro atoms. The molecule has 1 aliphatic heterocycles. The lowest BCUT2D eigenvalue weighted by molar-refractivity contribution is -0.143. The number of morpholine rings is 1. The summed E-state index contributed by atoms with van der Waals surface area (Å²) in [5.41, 5.74) is 3.34. The molecule has 1 amide bonds. The minimum Gasteiger partial charge on any atom is -0.497 e. The van der Waals surface area contributed by atoms with Crippen LogP contribution < -0.4 is 4.74 Å². The van der Waals surface area contributed by atoms with E-state index in [1.165, 1.54) is 5.56 Å². The molecule has 0 N–H and O–H groups in total. The first-order valence-electron chi connectivity index (χ1n) is 8.67. The summed E-state index contributed by atoms with van der Waals surface area (Å²) < 4.78 is 11.1. The molecule has 4 nitrogen and oxygen atoms in total. The van der Waals surface area contributed by atoms with Crippen LogP contribution in [0.5, 0.6) is 5.75 Å². The molecule has 25 heavy (non-hydrogen) atoms. The zero-order valence-electron chi connectivity index (χ0n) is 15.1. The predicted octanol–water partition coefficient (Wildman–Crippen LogP) is 3.53. The summed E-state index contributed by atoms with van der Waals surface area (Å²) in [4.78, 5) is 14.7. The van der Waals surface area contributed by atoms with Gasteiger partial charge in [0.05, 0.1) is 32.7 Å². The molecule has 1 aliphatic rings. The van der Waals surface area contributed by atoms with E-state index in [0.717, 1.165) is 16.9 Å². The Morgan fingerprint density at radius 3 is 2.48 bits per heavy atom. The monoisotopic (exact) mass is 339 g/mol. The highest BCUT2D eigenvalue weighted by atomic mass is 16.5. The number of nitrogens with zero attached hydrogens (tertiary/aromatic N) is 1. The van der Waals surface area contributed by atoms with Crippen molar-refractivity contribution in [2.75, 3.05) is 20.3 Å². The maximum atomic E-state index is 12.8. The first-order valence-corrected chi connectivity index (χ1v) is 8.67. The molecule has 0 bridgehead atoms. The van der Waals surface area contributed by atoms with Crippen LogP contribution in [0.4, 0.5) is 0 Å². The predicted molar refractivity (Wildman–Crippen MR) is 97.7 cm³/mol. The van der Waals surface area contributed by atoms with Gasteiger partial charge >= 0.3 is 0 Å². The number of ether oxygens (including phenoxy) is 2. The van der Waals surface area contributed by atoms with E-state index in [0.29, 0.717) is 19.6 Å². The molecule has 0 aliphatic carbocycles. The molecule has 1 fully saturated rings. The van der Waals surface area contributed by atoms with Gasteiger partial charge in [-0.05, 0) is 37.1 Å². The Bertz CT molecular complexity index is 709. The summed E-state index contributed by atoms with van der Waals surface area (Å²) in [6.07, 6.45) is 0.339. The fourth-order valence-corrected chi connectivity index (χ4v) is 3.11. The lowest BCUT2D eigenvalue weighted by Crippen LogP contribution is -2.48. The normalized spacial score (nSPS) is 20.4. The third-order valence-corrected chi connectivity index (χ3v) is 4.72. The van der Waals surface area contributed by atoms with Gasteiger partial charge in [0, 0.05) is 0 Å². The van der Waals surface area contributed by atoms with Crippen molar-refractivity contribution < 1.29 is 14.3 Å². The molecule has 0 saturated carbocycles. The van der Waals surface area contributed by atoms with Crippen molar-refractivity contribution in [2.45, 2.75) is 32.4 Å². The Hall–Kier alpha value is -2.33. The topological polar surface area (TPSA) is 38.8 Å². The molecule has 1 heterocycles. The van der Waals surface area contributed by atoms with E-state index in [-0.39, 0.29) is 18.1 Å². The first-order chi connectivity index (χ1) is 12.1. The van der Waals surface area contributed by atoms with Crippen molar-refractivity contribution in [3.8, 4) is 5.75 Å². The second kappa shape index (κ2) is 7.70. The molecule has 132 valence electrons. The average Bonchev–Trinajstić information content (AvgIpc) is 2.63. The summed E-state index contributed by atoms with van der Waals surface area (Å²) >= 11 is 0. The number of hydrogen-bond donors (Lipinski definition) is 0. The minimum absolute atomic E-state index is 0.0587. The number of amides is 1. The van der Waals surface area contributed by atoms with Crippen LogP contribution in [-0.4, -0.2) is 37.1 Å². The molecule has 0 radical (unpaired) electrons. The van der Waals surface area contributed by atoms with Crippen LogP contribution in [-0.2, 0) is 16.0 Å². The summed E-state index contributed by atoms with van der Waals surface area (Å²) in [6, 6.07) is 16.1. The van der Waals surface area contributed by atoms with Gasteiger partial charge in [-0.15, -0.1) is 0 Å². The van der Waals surface area contributed by atoms with E-state index in [4.69, 9.17) is 9.47 Å². The molecule has 2 aromatic rings. The van der Waals surface area contributed by atoms with E-state index in [9.17, 15) is 4.79 Å². The minimum atomic E-state index is -0.0587. The summed E-state index contributed by atoms with van der Waals surface area (Å²) in [6.45, 7) is 5.27. The number of hydrogen-bond acceptors (Lipinski definition) is 3. The van der Waals surface area contributed by atoms with Gasteiger partial charge in [-0.1, -0.05) is 42.0 Å². The molecular formula is C21H25NO3. The van der Waals surface area contributed by atoms with Crippen molar-refractivity contribution in [1.29, 1.82) is 0 Å². The third-order valence-electron chi connectivity index (χ3n) is 4.72. The molecule has 4 heteroatoms. The Morgan fingerprint density at radius 2 is 1.84 bits per heavy atom. The molecule has 0 aromatic heterocycles. The largest absolute Gasteiger partial charge is 0.497 e. The van der Waals surface area contributed by atoms with Gasteiger partial charge in [-0.3, -0.25) is 4.79 Å². The van der Waals surface area contributed by atoms with Crippen molar-refractivity contribution in [1.82, 2.24) is 4.90 Å². The summed E-state index contributed by atoms with van der Waals surface area (Å²) in [7, 11) is 1.64. The smallest absolute Gasteiger partial charge is 0.227 e. The van der Waals surface area contributed by atoms with Gasteiger partial charge in [-0.25, -0.2) is 0 Å². The highest BCUT2D eigenvalue weighted by Crippen LogP contribution is 2.26. The number of carbonyl (C=O) groups is 1. The van der Waals surface area contributed by atoms with Crippen LogP contribution in [0.25, 0.3) is 0 Å². The van der Waals surface area contributed by atoms with E-state index >= 15 is 0 Å². The number of benzene rings is 2. The quantitative estimate of drug-likeness (QED) is 0.855.